The van der Waals surface area contributed by atoms with Crippen molar-refractivity contribution in [1.29, 1.82) is 0 Å². The van der Waals surface area contributed by atoms with Crippen molar-refractivity contribution in [3.8, 4) is 11.5 Å². The molecule has 2 aromatic carbocycles. The Balaban J connectivity index is 1.10. The Morgan fingerprint density at radius 3 is 2.65 bits per heavy atom. The van der Waals surface area contributed by atoms with Gasteiger partial charge in [-0.1, -0.05) is 12.1 Å². The predicted octanol–water partition coefficient (Wildman–Crippen LogP) is 3.91. The zero-order valence-electron chi connectivity index (χ0n) is 19.8. The number of benzene rings is 2. The molecule has 0 spiro atoms. The van der Waals surface area contributed by atoms with Crippen LogP contribution in [0.15, 0.2) is 53.3 Å². The summed E-state index contributed by atoms with van der Waals surface area (Å²) < 4.78 is 36.2. The molecule has 1 saturated heterocycles. The SMILES string of the molecule is O=C(NC1CCC2CN(C(=O)c3cccc4c3OC(F)(F)O4)CCC2C1)c1cccc2[nH]c(=O)ccc12. The van der Waals surface area contributed by atoms with Crippen LogP contribution in [0.3, 0.4) is 0 Å². The fourth-order valence-electron chi connectivity index (χ4n) is 5.89. The standard InChI is InChI=1S/C27H25F2N3O5/c28-27(29)36-22-6-2-4-20(24(22)37-27)26(35)32-12-11-15-13-17(8-7-16(15)14-32)30-25(34)19-3-1-5-21-18(19)9-10-23(33)31-21/h1-6,9-10,15-17H,7-8,11-14H2,(H,30,34)(H,31,33). The van der Waals surface area contributed by atoms with Crippen molar-refractivity contribution in [2.24, 2.45) is 11.8 Å². The van der Waals surface area contributed by atoms with E-state index in [-0.39, 0.29) is 46.4 Å². The first kappa shape index (κ1) is 23.4. The Labute approximate surface area is 210 Å². The zero-order chi connectivity index (χ0) is 25.7. The predicted molar refractivity (Wildman–Crippen MR) is 130 cm³/mol. The third-order valence-electron chi connectivity index (χ3n) is 7.66. The van der Waals surface area contributed by atoms with Crippen molar-refractivity contribution in [3.05, 3.63) is 70.0 Å². The number of piperidine rings is 1. The Kier molecular flexibility index (Phi) is 5.62. The molecular formula is C27H25F2N3O5. The minimum atomic E-state index is -3.78. The minimum Gasteiger partial charge on any atom is -0.395 e. The first-order valence-electron chi connectivity index (χ1n) is 12.4. The maximum atomic E-state index is 13.6. The van der Waals surface area contributed by atoms with Crippen molar-refractivity contribution < 1.29 is 27.8 Å². The third kappa shape index (κ3) is 4.41. The quantitative estimate of drug-likeness (QED) is 0.558. The fraction of sp³-hybridized carbons (Fsp3) is 0.370. The van der Waals surface area contributed by atoms with Gasteiger partial charge in [-0.2, -0.15) is 0 Å². The van der Waals surface area contributed by atoms with Crippen molar-refractivity contribution in [3.63, 3.8) is 0 Å². The number of aromatic amines is 1. The summed E-state index contributed by atoms with van der Waals surface area (Å²) in [6.45, 7) is 1.03. The molecule has 3 aromatic rings. The molecule has 6 rings (SSSR count). The van der Waals surface area contributed by atoms with Crippen LogP contribution in [0.25, 0.3) is 10.9 Å². The highest BCUT2D eigenvalue weighted by Gasteiger charge is 2.46. The molecule has 3 unspecified atom stereocenters. The van der Waals surface area contributed by atoms with Gasteiger partial charge in [-0.3, -0.25) is 14.4 Å². The lowest BCUT2D eigenvalue weighted by molar-refractivity contribution is -0.286. The summed E-state index contributed by atoms with van der Waals surface area (Å²) in [4.78, 5) is 42.3. The van der Waals surface area contributed by atoms with E-state index in [1.54, 1.807) is 29.2 Å². The monoisotopic (exact) mass is 509 g/mol. The minimum absolute atomic E-state index is 0.0131. The fourth-order valence-corrected chi connectivity index (χ4v) is 5.89. The largest absolute Gasteiger partial charge is 0.586 e. The summed E-state index contributed by atoms with van der Waals surface area (Å²) in [5.74, 6) is -0.268. The molecule has 2 amide bonds. The Hall–Kier alpha value is -3.95. The molecule has 2 aliphatic heterocycles. The number of nitrogens with one attached hydrogen (secondary N) is 2. The Bertz CT molecular complexity index is 1460. The summed E-state index contributed by atoms with van der Waals surface area (Å²) in [5.41, 5.74) is 0.989. The van der Waals surface area contributed by atoms with E-state index in [0.717, 1.165) is 25.7 Å². The summed E-state index contributed by atoms with van der Waals surface area (Å²) in [7, 11) is 0. The smallest absolute Gasteiger partial charge is 0.395 e. The molecule has 37 heavy (non-hydrogen) atoms. The van der Waals surface area contributed by atoms with Gasteiger partial charge >= 0.3 is 6.29 Å². The van der Waals surface area contributed by atoms with Gasteiger partial charge in [0.2, 0.25) is 5.56 Å². The molecule has 2 N–H and O–H groups in total. The number of hydrogen-bond donors (Lipinski definition) is 2. The summed E-state index contributed by atoms with van der Waals surface area (Å²) in [6, 6.07) is 12.7. The van der Waals surface area contributed by atoms with Gasteiger partial charge in [0.1, 0.15) is 0 Å². The van der Waals surface area contributed by atoms with Crippen LogP contribution >= 0.6 is 0 Å². The number of carbonyl (C=O) groups is 2. The van der Waals surface area contributed by atoms with Crippen LogP contribution < -0.4 is 20.3 Å². The molecule has 0 bridgehead atoms. The number of rotatable bonds is 3. The molecule has 0 radical (unpaired) electrons. The van der Waals surface area contributed by atoms with Gasteiger partial charge in [0.25, 0.3) is 11.8 Å². The van der Waals surface area contributed by atoms with E-state index >= 15 is 0 Å². The number of aromatic nitrogens is 1. The maximum absolute atomic E-state index is 13.6. The topological polar surface area (TPSA) is 101 Å². The number of halogens is 2. The molecule has 10 heteroatoms. The number of likely N-dealkylation sites (tertiary alicyclic amines) is 1. The van der Waals surface area contributed by atoms with Gasteiger partial charge in [-0.05, 0) is 67.9 Å². The zero-order valence-corrected chi connectivity index (χ0v) is 19.8. The van der Waals surface area contributed by atoms with Gasteiger partial charge in [0, 0.05) is 41.7 Å². The van der Waals surface area contributed by atoms with E-state index in [0.29, 0.717) is 35.5 Å². The molecule has 1 aromatic heterocycles. The molecule has 3 atom stereocenters. The highest BCUT2D eigenvalue weighted by molar-refractivity contribution is 6.06. The summed E-state index contributed by atoms with van der Waals surface area (Å²) in [6.07, 6.45) is -0.587. The molecule has 3 aliphatic rings. The van der Waals surface area contributed by atoms with Gasteiger partial charge in [-0.15, -0.1) is 8.78 Å². The normalized spacial score (nSPS) is 23.9. The molecule has 192 valence electrons. The summed E-state index contributed by atoms with van der Waals surface area (Å²) >= 11 is 0. The lowest BCUT2D eigenvalue weighted by Gasteiger charge is -2.43. The second-order valence-corrected chi connectivity index (χ2v) is 9.93. The first-order chi connectivity index (χ1) is 17.8. The van der Waals surface area contributed by atoms with Gasteiger partial charge in [0.05, 0.1) is 5.56 Å². The molecule has 3 heterocycles. The summed E-state index contributed by atoms with van der Waals surface area (Å²) in [5, 5.41) is 3.85. The van der Waals surface area contributed by atoms with E-state index in [9.17, 15) is 23.2 Å². The van der Waals surface area contributed by atoms with Crippen molar-refractivity contribution in [1.82, 2.24) is 15.2 Å². The lowest BCUT2D eigenvalue weighted by atomic mass is 9.73. The van der Waals surface area contributed by atoms with Crippen LogP contribution in [0.1, 0.15) is 46.4 Å². The number of fused-ring (bicyclic) bond motifs is 3. The number of pyridine rings is 1. The number of alkyl halides is 2. The van der Waals surface area contributed by atoms with Crippen LogP contribution in [0.2, 0.25) is 0 Å². The maximum Gasteiger partial charge on any atom is 0.586 e. The Morgan fingerprint density at radius 1 is 0.973 bits per heavy atom. The van der Waals surface area contributed by atoms with Gasteiger partial charge in [-0.25, -0.2) is 0 Å². The van der Waals surface area contributed by atoms with E-state index in [1.807, 2.05) is 0 Å². The number of carbonyl (C=O) groups excluding carboxylic acids is 2. The van der Waals surface area contributed by atoms with Crippen molar-refractivity contribution >= 4 is 22.7 Å². The number of hydrogen-bond acceptors (Lipinski definition) is 5. The number of ether oxygens (including phenoxy) is 2. The lowest BCUT2D eigenvalue weighted by Crippen LogP contribution is -2.49. The second-order valence-electron chi connectivity index (χ2n) is 9.93. The van der Waals surface area contributed by atoms with E-state index in [4.69, 9.17) is 0 Å². The molecule has 8 nitrogen and oxygen atoms in total. The van der Waals surface area contributed by atoms with Gasteiger partial charge in [0.15, 0.2) is 11.5 Å². The van der Waals surface area contributed by atoms with Crippen LogP contribution in [0.5, 0.6) is 11.5 Å². The highest BCUT2D eigenvalue weighted by atomic mass is 19.3. The van der Waals surface area contributed by atoms with Gasteiger partial charge < -0.3 is 24.7 Å². The van der Waals surface area contributed by atoms with Crippen LogP contribution in [-0.4, -0.2) is 47.1 Å². The van der Waals surface area contributed by atoms with E-state index in [2.05, 4.69) is 19.8 Å². The Morgan fingerprint density at radius 2 is 1.78 bits per heavy atom. The van der Waals surface area contributed by atoms with Crippen LogP contribution in [-0.2, 0) is 0 Å². The average molecular weight is 510 g/mol. The van der Waals surface area contributed by atoms with Crippen LogP contribution in [0, 0.1) is 11.8 Å². The van der Waals surface area contributed by atoms with Crippen molar-refractivity contribution in [2.75, 3.05) is 13.1 Å². The molecule has 2 fully saturated rings. The van der Waals surface area contributed by atoms with E-state index in [1.165, 1.54) is 24.3 Å². The number of nitrogens with zero attached hydrogens (tertiary/aromatic N) is 1. The highest BCUT2D eigenvalue weighted by Crippen LogP contribution is 2.44. The van der Waals surface area contributed by atoms with E-state index < -0.39 is 6.29 Å². The number of para-hydroxylation sites is 1. The molecule has 1 aliphatic carbocycles. The number of H-pyrrole nitrogens is 1. The third-order valence-corrected chi connectivity index (χ3v) is 7.66. The number of amides is 2. The van der Waals surface area contributed by atoms with Crippen molar-refractivity contribution in [2.45, 2.75) is 38.0 Å². The molecule has 1 saturated carbocycles. The average Bonchev–Trinajstić information content (AvgIpc) is 3.21. The second kappa shape index (κ2) is 8.86. The van der Waals surface area contributed by atoms with Crippen LogP contribution in [0.4, 0.5) is 8.78 Å². The molecular weight excluding hydrogens is 484 g/mol. The first-order valence-corrected chi connectivity index (χ1v) is 12.4.